The van der Waals surface area contributed by atoms with Crippen LogP contribution in [0.2, 0.25) is 0 Å². The van der Waals surface area contributed by atoms with Crippen molar-refractivity contribution < 1.29 is 4.79 Å². The van der Waals surface area contributed by atoms with Crippen LogP contribution < -0.4 is 5.73 Å². The van der Waals surface area contributed by atoms with E-state index in [1.165, 1.54) is 0 Å². The third-order valence-electron chi connectivity index (χ3n) is 3.52. The molecule has 5 nitrogen and oxygen atoms in total. The Bertz CT molecular complexity index is 782. The smallest absolute Gasteiger partial charge is 0.250 e. The molecular weight excluding hydrogens is 240 g/mol. The monoisotopic (exact) mass is 254 g/mol. The number of hydrogen-bond acceptors (Lipinski definition) is 2. The summed E-state index contributed by atoms with van der Waals surface area (Å²) in [6.45, 7) is 1.89. The van der Waals surface area contributed by atoms with Gasteiger partial charge in [-0.1, -0.05) is 6.07 Å². The van der Waals surface area contributed by atoms with E-state index in [1.807, 2.05) is 42.8 Å². The molecule has 0 fully saturated rings. The fraction of sp³-hybridized carbons (Fsp3) is 0.143. The summed E-state index contributed by atoms with van der Waals surface area (Å²) in [5.74, 6) is -0.401. The van der Waals surface area contributed by atoms with Crippen molar-refractivity contribution in [2.75, 3.05) is 0 Å². The number of hydrogen-bond donors (Lipinski definition) is 2. The quantitative estimate of drug-likeness (QED) is 0.733. The molecule has 0 unspecified atom stereocenters. The van der Waals surface area contributed by atoms with Crippen LogP contribution in [0.15, 0.2) is 30.6 Å². The summed E-state index contributed by atoms with van der Waals surface area (Å²) in [6, 6.07) is 7.78. The lowest BCUT2D eigenvalue weighted by atomic mass is 10.1. The summed E-state index contributed by atoms with van der Waals surface area (Å²) < 4.78 is 1.97. The highest BCUT2D eigenvalue weighted by Gasteiger charge is 2.14. The average Bonchev–Trinajstić information content (AvgIpc) is 2.95. The summed E-state index contributed by atoms with van der Waals surface area (Å²) in [4.78, 5) is 18.7. The second-order valence-corrected chi connectivity index (χ2v) is 4.59. The molecule has 96 valence electrons. The summed E-state index contributed by atoms with van der Waals surface area (Å²) in [5, 5.41) is 0. The van der Waals surface area contributed by atoms with E-state index in [-0.39, 0.29) is 0 Å². The lowest BCUT2D eigenvalue weighted by molar-refractivity contribution is 0.0999. The normalized spacial score (nSPS) is 11.1. The van der Waals surface area contributed by atoms with E-state index in [0.717, 1.165) is 28.0 Å². The van der Waals surface area contributed by atoms with Crippen molar-refractivity contribution in [1.29, 1.82) is 0 Å². The molecule has 0 aliphatic carbocycles. The number of carbonyl (C=O) groups is 1. The SMILES string of the molecule is Cc1c(C(N)=O)cc(-c2ccc3nc[nH]c3c2)n1C. The molecule has 0 atom stereocenters. The van der Waals surface area contributed by atoms with Crippen LogP contribution in [0.5, 0.6) is 0 Å². The Labute approximate surface area is 110 Å². The lowest BCUT2D eigenvalue weighted by Crippen LogP contribution is -2.11. The summed E-state index contributed by atoms with van der Waals surface area (Å²) in [5.41, 5.74) is 10.7. The average molecular weight is 254 g/mol. The molecule has 0 bridgehead atoms. The molecule has 0 radical (unpaired) electrons. The molecule has 1 amide bonds. The van der Waals surface area contributed by atoms with Gasteiger partial charge in [0, 0.05) is 24.0 Å². The second kappa shape index (κ2) is 3.98. The number of rotatable bonds is 2. The van der Waals surface area contributed by atoms with Gasteiger partial charge in [0.1, 0.15) is 0 Å². The number of nitrogens with zero attached hydrogens (tertiary/aromatic N) is 2. The van der Waals surface area contributed by atoms with Crippen molar-refractivity contribution in [2.45, 2.75) is 6.92 Å². The van der Waals surface area contributed by atoms with E-state index in [0.29, 0.717) is 5.56 Å². The van der Waals surface area contributed by atoms with Crippen molar-refractivity contribution in [1.82, 2.24) is 14.5 Å². The number of nitrogens with one attached hydrogen (secondary N) is 1. The zero-order valence-electron chi connectivity index (χ0n) is 10.8. The van der Waals surface area contributed by atoms with Crippen LogP contribution in [0.4, 0.5) is 0 Å². The van der Waals surface area contributed by atoms with Gasteiger partial charge in [-0.15, -0.1) is 0 Å². The molecule has 0 aliphatic rings. The first-order valence-electron chi connectivity index (χ1n) is 5.97. The molecule has 0 saturated heterocycles. The van der Waals surface area contributed by atoms with Gasteiger partial charge in [0.15, 0.2) is 0 Å². The first-order valence-corrected chi connectivity index (χ1v) is 5.97. The maximum Gasteiger partial charge on any atom is 0.250 e. The summed E-state index contributed by atoms with van der Waals surface area (Å²) >= 11 is 0. The van der Waals surface area contributed by atoms with Gasteiger partial charge in [0.05, 0.1) is 22.9 Å². The predicted molar refractivity (Wildman–Crippen MR) is 73.8 cm³/mol. The fourth-order valence-corrected chi connectivity index (χ4v) is 2.32. The number of benzene rings is 1. The highest BCUT2D eigenvalue weighted by Crippen LogP contribution is 2.26. The van der Waals surface area contributed by atoms with Gasteiger partial charge in [-0.25, -0.2) is 4.98 Å². The van der Waals surface area contributed by atoms with Gasteiger partial charge >= 0.3 is 0 Å². The number of aromatic nitrogens is 3. The number of carbonyl (C=O) groups excluding carboxylic acids is 1. The Morgan fingerprint density at radius 2 is 2.16 bits per heavy atom. The van der Waals surface area contributed by atoms with Crippen molar-refractivity contribution in [3.8, 4) is 11.3 Å². The number of nitrogens with two attached hydrogens (primary N) is 1. The molecule has 3 rings (SSSR count). The number of amides is 1. The minimum absolute atomic E-state index is 0.401. The largest absolute Gasteiger partial charge is 0.366 e. The Balaban J connectivity index is 2.20. The lowest BCUT2D eigenvalue weighted by Gasteiger charge is -2.05. The number of aromatic amines is 1. The minimum Gasteiger partial charge on any atom is -0.366 e. The molecule has 2 heterocycles. The van der Waals surface area contributed by atoms with Crippen LogP contribution in [0.25, 0.3) is 22.3 Å². The zero-order chi connectivity index (χ0) is 13.6. The molecule has 3 N–H and O–H groups in total. The Kier molecular flexibility index (Phi) is 2.41. The molecule has 2 aromatic heterocycles. The highest BCUT2D eigenvalue weighted by atomic mass is 16.1. The molecule has 0 saturated carbocycles. The number of primary amides is 1. The summed E-state index contributed by atoms with van der Waals surface area (Å²) in [7, 11) is 1.92. The predicted octanol–water partition coefficient (Wildman–Crippen LogP) is 1.98. The Morgan fingerprint density at radius 1 is 1.37 bits per heavy atom. The molecule has 1 aromatic carbocycles. The van der Waals surface area contributed by atoms with Crippen molar-refractivity contribution in [3.05, 3.63) is 41.9 Å². The Morgan fingerprint density at radius 3 is 2.84 bits per heavy atom. The van der Waals surface area contributed by atoms with E-state index in [2.05, 4.69) is 9.97 Å². The van der Waals surface area contributed by atoms with Gasteiger partial charge in [-0.05, 0) is 25.1 Å². The van der Waals surface area contributed by atoms with Crippen LogP contribution in [-0.2, 0) is 7.05 Å². The van der Waals surface area contributed by atoms with E-state index in [1.54, 1.807) is 6.33 Å². The van der Waals surface area contributed by atoms with Crippen LogP contribution in [-0.4, -0.2) is 20.4 Å². The van der Waals surface area contributed by atoms with Crippen molar-refractivity contribution in [3.63, 3.8) is 0 Å². The maximum atomic E-state index is 11.4. The van der Waals surface area contributed by atoms with E-state index < -0.39 is 5.91 Å². The van der Waals surface area contributed by atoms with Crippen molar-refractivity contribution in [2.24, 2.45) is 12.8 Å². The topological polar surface area (TPSA) is 76.7 Å². The molecule has 19 heavy (non-hydrogen) atoms. The molecular formula is C14H14N4O. The van der Waals surface area contributed by atoms with Crippen LogP contribution in [0.3, 0.4) is 0 Å². The third-order valence-corrected chi connectivity index (χ3v) is 3.52. The van der Waals surface area contributed by atoms with Crippen LogP contribution in [0.1, 0.15) is 16.1 Å². The van der Waals surface area contributed by atoms with Gasteiger partial charge in [0.2, 0.25) is 0 Å². The fourth-order valence-electron chi connectivity index (χ4n) is 2.32. The summed E-state index contributed by atoms with van der Waals surface area (Å²) in [6.07, 6.45) is 1.67. The standard InChI is InChI=1S/C14H14N4O/c1-8-10(14(15)19)6-13(18(8)2)9-3-4-11-12(5-9)17-7-16-11/h3-7H,1-2H3,(H2,15,19)(H,16,17). The van der Waals surface area contributed by atoms with Gasteiger partial charge in [0.25, 0.3) is 5.91 Å². The van der Waals surface area contributed by atoms with E-state index in [9.17, 15) is 4.79 Å². The van der Waals surface area contributed by atoms with Gasteiger partial charge in [-0.2, -0.15) is 0 Å². The molecule has 3 aromatic rings. The minimum atomic E-state index is -0.401. The van der Waals surface area contributed by atoms with E-state index in [4.69, 9.17) is 5.73 Å². The third kappa shape index (κ3) is 1.71. The number of imidazole rings is 1. The number of fused-ring (bicyclic) bond motifs is 1. The molecule has 5 heteroatoms. The maximum absolute atomic E-state index is 11.4. The number of H-pyrrole nitrogens is 1. The molecule has 0 aliphatic heterocycles. The van der Waals surface area contributed by atoms with Crippen molar-refractivity contribution >= 4 is 16.9 Å². The highest BCUT2D eigenvalue weighted by molar-refractivity contribution is 5.96. The van der Waals surface area contributed by atoms with E-state index >= 15 is 0 Å². The Hall–Kier alpha value is -2.56. The second-order valence-electron chi connectivity index (χ2n) is 4.59. The van der Waals surface area contributed by atoms with Gasteiger partial charge < -0.3 is 15.3 Å². The first-order chi connectivity index (χ1) is 9.08. The molecule has 0 spiro atoms. The first kappa shape index (κ1) is 11.5. The zero-order valence-corrected chi connectivity index (χ0v) is 10.8. The van der Waals surface area contributed by atoms with Crippen LogP contribution >= 0.6 is 0 Å². The van der Waals surface area contributed by atoms with Gasteiger partial charge in [-0.3, -0.25) is 4.79 Å². The van der Waals surface area contributed by atoms with Crippen LogP contribution in [0, 0.1) is 6.92 Å².